The molecule has 0 radical (unpaired) electrons. The van der Waals surface area contributed by atoms with Gasteiger partial charge in [0.1, 0.15) is 5.82 Å². The Labute approximate surface area is 186 Å². The first-order valence-corrected chi connectivity index (χ1v) is 10.8. The fourth-order valence-corrected chi connectivity index (χ4v) is 4.00. The number of benzene rings is 3. The summed E-state index contributed by atoms with van der Waals surface area (Å²) in [7, 11) is 0. The third-order valence-electron chi connectivity index (χ3n) is 5.63. The van der Waals surface area contributed by atoms with Gasteiger partial charge in [0.2, 0.25) is 5.91 Å². The summed E-state index contributed by atoms with van der Waals surface area (Å²) in [5.74, 6) is -0.300. The first kappa shape index (κ1) is 21.8. The molecular weight excluding hydrogens is 407 g/mol. The van der Waals surface area contributed by atoms with Crippen molar-refractivity contribution in [1.82, 2.24) is 15.5 Å². The van der Waals surface area contributed by atoms with Crippen LogP contribution < -0.4 is 16.0 Å². The van der Waals surface area contributed by atoms with Crippen LogP contribution >= 0.6 is 0 Å². The van der Waals surface area contributed by atoms with Crippen LogP contribution in [-0.4, -0.2) is 36.0 Å². The molecule has 166 valence electrons. The lowest BCUT2D eigenvalue weighted by Gasteiger charge is -2.17. The molecule has 7 heteroatoms. The summed E-state index contributed by atoms with van der Waals surface area (Å²) in [6.45, 7) is 4.43. The Morgan fingerprint density at radius 2 is 1.72 bits per heavy atom. The molecule has 0 aromatic heterocycles. The Hall–Kier alpha value is -3.45. The standard InChI is InChI=1S/C25H27FN4O2/c1-17(31)27-14-18-3-8-23(9-4-18)28-25(32)29-24-10-11-30(16-24)15-19-2-5-21-13-22(26)7-6-20(21)12-19/h2-9,12-13,24H,10-11,14-16H2,1H3,(H,27,31)(H2,28,29,32)/t24-/m1/s1. The molecule has 1 aliphatic rings. The monoisotopic (exact) mass is 434 g/mol. The van der Waals surface area contributed by atoms with Gasteiger partial charge in [-0.15, -0.1) is 0 Å². The molecule has 0 unspecified atom stereocenters. The summed E-state index contributed by atoms with van der Waals surface area (Å²) < 4.78 is 13.4. The fourth-order valence-electron chi connectivity index (χ4n) is 4.00. The first-order valence-electron chi connectivity index (χ1n) is 10.8. The lowest BCUT2D eigenvalue weighted by atomic mass is 10.1. The first-order chi connectivity index (χ1) is 15.4. The summed E-state index contributed by atoms with van der Waals surface area (Å²) in [5, 5.41) is 10.6. The SMILES string of the molecule is CC(=O)NCc1ccc(NC(=O)N[C@@H]2CCN(Cc3ccc4cc(F)ccc4c3)C2)cc1. The van der Waals surface area contributed by atoms with Crippen molar-refractivity contribution in [2.75, 3.05) is 18.4 Å². The molecule has 1 heterocycles. The van der Waals surface area contributed by atoms with E-state index in [-0.39, 0.29) is 23.8 Å². The van der Waals surface area contributed by atoms with E-state index in [0.717, 1.165) is 42.4 Å². The van der Waals surface area contributed by atoms with E-state index in [1.807, 2.05) is 36.4 Å². The molecule has 6 nitrogen and oxygen atoms in total. The lowest BCUT2D eigenvalue weighted by molar-refractivity contribution is -0.119. The number of urea groups is 1. The van der Waals surface area contributed by atoms with Crippen LogP contribution in [0.1, 0.15) is 24.5 Å². The largest absolute Gasteiger partial charge is 0.352 e. The molecular formula is C25H27FN4O2. The van der Waals surface area contributed by atoms with Gasteiger partial charge < -0.3 is 16.0 Å². The number of likely N-dealkylation sites (tertiary alicyclic amines) is 1. The summed E-state index contributed by atoms with van der Waals surface area (Å²) in [6.07, 6.45) is 0.891. The number of anilines is 1. The number of amides is 3. The zero-order chi connectivity index (χ0) is 22.5. The smallest absolute Gasteiger partial charge is 0.319 e. The van der Waals surface area contributed by atoms with Crippen molar-refractivity contribution in [3.05, 3.63) is 77.6 Å². The molecule has 0 spiro atoms. The molecule has 3 amide bonds. The van der Waals surface area contributed by atoms with Crippen molar-refractivity contribution in [1.29, 1.82) is 0 Å². The molecule has 3 N–H and O–H groups in total. The number of carbonyl (C=O) groups is 2. The summed E-state index contributed by atoms with van der Waals surface area (Å²) in [4.78, 5) is 25.7. The van der Waals surface area contributed by atoms with E-state index in [1.165, 1.54) is 18.6 Å². The van der Waals surface area contributed by atoms with Crippen molar-refractivity contribution in [3.8, 4) is 0 Å². The molecule has 1 fully saturated rings. The highest BCUT2D eigenvalue weighted by atomic mass is 19.1. The minimum Gasteiger partial charge on any atom is -0.352 e. The molecule has 3 aromatic rings. The quantitative estimate of drug-likeness (QED) is 0.549. The normalized spacial score (nSPS) is 16.1. The number of nitrogens with zero attached hydrogens (tertiary/aromatic N) is 1. The Kier molecular flexibility index (Phi) is 6.66. The summed E-state index contributed by atoms with van der Waals surface area (Å²) in [5.41, 5.74) is 2.85. The maximum atomic E-state index is 13.4. The zero-order valence-electron chi connectivity index (χ0n) is 18.0. The second-order valence-electron chi connectivity index (χ2n) is 8.25. The van der Waals surface area contributed by atoms with Crippen molar-refractivity contribution in [3.63, 3.8) is 0 Å². The molecule has 1 atom stereocenters. The van der Waals surface area contributed by atoms with E-state index < -0.39 is 0 Å². The van der Waals surface area contributed by atoms with Gasteiger partial charge >= 0.3 is 6.03 Å². The highest BCUT2D eigenvalue weighted by molar-refractivity contribution is 5.89. The average molecular weight is 435 g/mol. The van der Waals surface area contributed by atoms with Crippen molar-refractivity contribution in [2.45, 2.75) is 32.5 Å². The topological polar surface area (TPSA) is 73.5 Å². The number of hydrogen-bond donors (Lipinski definition) is 3. The van der Waals surface area contributed by atoms with E-state index in [1.54, 1.807) is 12.1 Å². The molecule has 4 rings (SSSR count). The van der Waals surface area contributed by atoms with E-state index >= 15 is 0 Å². The Balaban J connectivity index is 1.25. The Morgan fingerprint density at radius 3 is 2.50 bits per heavy atom. The maximum absolute atomic E-state index is 13.4. The van der Waals surface area contributed by atoms with Crippen LogP contribution in [0, 0.1) is 5.82 Å². The molecule has 32 heavy (non-hydrogen) atoms. The summed E-state index contributed by atoms with van der Waals surface area (Å²) in [6, 6.07) is 18.2. The van der Waals surface area contributed by atoms with Crippen LogP contribution in [0.15, 0.2) is 60.7 Å². The number of halogens is 1. The van der Waals surface area contributed by atoms with Gasteiger partial charge in [-0.3, -0.25) is 9.69 Å². The lowest BCUT2D eigenvalue weighted by Crippen LogP contribution is -2.39. The van der Waals surface area contributed by atoms with Gasteiger partial charge in [-0.1, -0.05) is 30.3 Å². The third kappa shape index (κ3) is 5.82. The molecule has 1 saturated heterocycles. The maximum Gasteiger partial charge on any atom is 0.319 e. The van der Waals surface area contributed by atoms with Crippen LogP contribution in [0.3, 0.4) is 0 Å². The Morgan fingerprint density at radius 1 is 1.00 bits per heavy atom. The number of nitrogens with one attached hydrogen (secondary N) is 3. The van der Waals surface area contributed by atoms with Crippen LogP contribution in [0.2, 0.25) is 0 Å². The van der Waals surface area contributed by atoms with Gasteiger partial charge in [-0.25, -0.2) is 9.18 Å². The number of hydrogen-bond acceptors (Lipinski definition) is 3. The predicted molar refractivity (Wildman–Crippen MR) is 124 cm³/mol. The van der Waals surface area contributed by atoms with Gasteiger partial charge in [0.15, 0.2) is 0 Å². The molecule has 1 aliphatic heterocycles. The molecule has 3 aromatic carbocycles. The van der Waals surface area contributed by atoms with Gasteiger partial charge in [0.05, 0.1) is 0 Å². The minimum absolute atomic E-state index is 0.0757. The second kappa shape index (κ2) is 9.78. The van der Waals surface area contributed by atoms with Crippen LogP contribution in [0.5, 0.6) is 0 Å². The highest BCUT2D eigenvalue weighted by Crippen LogP contribution is 2.20. The van der Waals surface area contributed by atoms with Crippen molar-refractivity contribution < 1.29 is 14.0 Å². The summed E-state index contributed by atoms with van der Waals surface area (Å²) >= 11 is 0. The average Bonchev–Trinajstić information content (AvgIpc) is 3.19. The van der Waals surface area contributed by atoms with E-state index in [0.29, 0.717) is 12.2 Å². The minimum atomic E-state index is -0.224. The highest BCUT2D eigenvalue weighted by Gasteiger charge is 2.24. The number of fused-ring (bicyclic) bond motifs is 1. The second-order valence-corrected chi connectivity index (χ2v) is 8.25. The van der Waals surface area contributed by atoms with E-state index in [2.05, 4.69) is 26.9 Å². The zero-order valence-corrected chi connectivity index (χ0v) is 18.0. The van der Waals surface area contributed by atoms with Crippen molar-refractivity contribution in [2.24, 2.45) is 0 Å². The molecule has 0 saturated carbocycles. The van der Waals surface area contributed by atoms with E-state index in [4.69, 9.17) is 0 Å². The van der Waals surface area contributed by atoms with Crippen LogP contribution in [-0.2, 0) is 17.9 Å². The van der Waals surface area contributed by atoms with Gasteiger partial charge in [0, 0.05) is 44.8 Å². The fraction of sp³-hybridized carbons (Fsp3) is 0.280. The number of rotatable bonds is 6. The van der Waals surface area contributed by atoms with E-state index in [9.17, 15) is 14.0 Å². The number of carbonyl (C=O) groups excluding carboxylic acids is 2. The molecule has 0 aliphatic carbocycles. The van der Waals surface area contributed by atoms with Crippen LogP contribution in [0.25, 0.3) is 10.8 Å². The van der Waals surface area contributed by atoms with Crippen molar-refractivity contribution >= 4 is 28.4 Å². The van der Waals surface area contributed by atoms with Gasteiger partial charge in [-0.2, -0.15) is 0 Å². The predicted octanol–water partition coefficient (Wildman–Crippen LogP) is 4.01. The van der Waals surface area contributed by atoms with Crippen LogP contribution in [0.4, 0.5) is 14.9 Å². The van der Waals surface area contributed by atoms with Gasteiger partial charge in [-0.05, 0) is 58.7 Å². The van der Waals surface area contributed by atoms with Gasteiger partial charge in [0.25, 0.3) is 0 Å². The molecule has 0 bridgehead atoms. The third-order valence-corrected chi connectivity index (χ3v) is 5.63. The Bertz CT molecular complexity index is 1120.